The van der Waals surface area contributed by atoms with Crippen LogP contribution in [0.5, 0.6) is 5.75 Å². The Balaban J connectivity index is 3.49. The average Bonchev–Trinajstić information content (AvgIpc) is 2.12. The summed E-state index contributed by atoms with van der Waals surface area (Å²) in [6.07, 6.45) is 0. The van der Waals surface area contributed by atoms with E-state index in [2.05, 4.69) is 6.07 Å². The van der Waals surface area contributed by atoms with E-state index < -0.39 is 5.41 Å². The summed E-state index contributed by atoms with van der Waals surface area (Å²) in [5, 5.41) is 19.0. The Bertz CT molecular complexity index is 404. The van der Waals surface area contributed by atoms with Crippen LogP contribution < -0.4 is 0 Å². The summed E-state index contributed by atoms with van der Waals surface area (Å²) in [6.45, 7) is 5.36. The number of benzene rings is 1. The number of aryl methyl sites for hydroxylation is 1. The molecule has 14 heavy (non-hydrogen) atoms. The summed E-state index contributed by atoms with van der Waals surface area (Å²) in [7, 11) is 0. The first-order valence-electron chi connectivity index (χ1n) is 4.30. The lowest BCUT2D eigenvalue weighted by Crippen LogP contribution is -2.15. The van der Waals surface area contributed by atoms with Gasteiger partial charge < -0.3 is 5.11 Å². The van der Waals surface area contributed by atoms with Gasteiger partial charge in [-0.25, -0.2) is 0 Å². The van der Waals surface area contributed by atoms with Crippen molar-refractivity contribution in [2.75, 3.05) is 0 Å². The van der Waals surface area contributed by atoms with E-state index in [4.69, 9.17) is 16.9 Å². The van der Waals surface area contributed by atoms with Gasteiger partial charge in [0.25, 0.3) is 0 Å². The van der Waals surface area contributed by atoms with E-state index in [1.165, 1.54) is 0 Å². The van der Waals surface area contributed by atoms with Crippen LogP contribution in [0.1, 0.15) is 25.0 Å². The SMILES string of the molecule is Cc1ccc(Cl)c(O)c1C(C)(C)C#N. The van der Waals surface area contributed by atoms with Crippen molar-refractivity contribution < 1.29 is 5.11 Å². The topological polar surface area (TPSA) is 44.0 Å². The fraction of sp³-hybridized carbons (Fsp3) is 0.364. The lowest BCUT2D eigenvalue weighted by Gasteiger charge is -2.20. The third-order valence-corrected chi connectivity index (χ3v) is 2.55. The number of nitrogens with zero attached hydrogens (tertiary/aromatic N) is 1. The summed E-state index contributed by atoms with van der Waals surface area (Å²) in [5.74, 6) is 0.0122. The number of nitriles is 1. The highest BCUT2D eigenvalue weighted by Crippen LogP contribution is 2.37. The molecule has 0 aromatic heterocycles. The molecule has 1 rings (SSSR count). The van der Waals surface area contributed by atoms with Gasteiger partial charge in [0, 0.05) is 5.56 Å². The predicted molar refractivity (Wildman–Crippen MR) is 56.5 cm³/mol. The molecule has 0 radical (unpaired) electrons. The zero-order valence-electron chi connectivity index (χ0n) is 8.43. The van der Waals surface area contributed by atoms with Crippen molar-refractivity contribution in [2.24, 2.45) is 0 Å². The highest BCUT2D eigenvalue weighted by Gasteiger charge is 2.26. The lowest BCUT2D eigenvalue weighted by molar-refractivity contribution is 0.456. The summed E-state index contributed by atoms with van der Waals surface area (Å²) >= 11 is 5.79. The Kier molecular flexibility index (Phi) is 2.73. The van der Waals surface area contributed by atoms with Crippen LogP contribution in [0.4, 0.5) is 0 Å². The first-order chi connectivity index (χ1) is 6.40. The molecule has 74 valence electrons. The zero-order valence-corrected chi connectivity index (χ0v) is 9.18. The van der Waals surface area contributed by atoms with Crippen LogP contribution in [0.15, 0.2) is 12.1 Å². The van der Waals surface area contributed by atoms with Gasteiger partial charge in [-0.2, -0.15) is 5.26 Å². The van der Waals surface area contributed by atoms with Gasteiger partial charge in [-0.3, -0.25) is 0 Å². The van der Waals surface area contributed by atoms with Crippen LogP contribution in [0.2, 0.25) is 5.02 Å². The molecule has 0 aliphatic heterocycles. The Morgan fingerprint density at radius 3 is 2.50 bits per heavy atom. The minimum absolute atomic E-state index is 0.0122. The highest BCUT2D eigenvalue weighted by molar-refractivity contribution is 6.32. The van der Waals surface area contributed by atoms with Gasteiger partial charge in [0.15, 0.2) is 0 Å². The second-order valence-electron chi connectivity index (χ2n) is 3.82. The summed E-state index contributed by atoms with van der Waals surface area (Å²) < 4.78 is 0. The number of hydrogen-bond acceptors (Lipinski definition) is 2. The van der Waals surface area contributed by atoms with Gasteiger partial charge >= 0.3 is 0 Å². The molecule has 0 bridgehead atoms. The van der Waals surface area contributed by atoms with Gasteiger partial charge in [0.05, 0.1) is 16.5 Å². The van der Waals surface area contributed by atoms with Gasteiger partial charge in [-0.05, 0) is 32.4 Å². The van der Waals surface area contributed by atoms with Crippen molar-refractivity contribution in [3.63, 3.8) is 0 Å². The quantitative estimate of drug-likeness (QED) is 0.772. The molecule has 0 fully saturated rings. The Hall–Kier alpha value is -1.20. The highest BCUT2D eigenvalue weighted by atomic mass is 35.5. The molecule has 1 N–H and O–H groups in total. The van der Waals surface area contributed by atoms with E-state index >= 15 is 0 Å². The average molecular weight is 210 g/mol. The zero-order chi connectivity index (χ0) is 10.9. The first-order valence-corrected chi connectivity index (χ1v) is 4.67. The molecule has 0 aliphatic rings. The molecule has 3 heteroatoms. The standard InChI is InChI=1S/C11H12ClNO/c1-7-4-5-8(12)10(14)9(7)11(2,3)6-13/h4-5,14H,1-3H3. The second kappa shape index (κ2) is 3.51. The Morgan fingerprint density at radius 2 is 2.00 bits per heavy atom. The van der Waals surface area contributed by atoms with Crippen LogP contribution in [-0.4, -0.2) is 5.11 Å². The number of phenolic OH excluding ortho intramolecular Hbond substituents is 1. The maximum atomic E-state index is 9.76. The molecular formula is C11H12ClNO. The molecule has 0 unspecified atom stereocenters. The first kappa shape index (κ1) is 10.9. The molecule has 0 amide bonds. The Labute approximate surface area is 88.7 Å². The Morgan fingerprint density at radius 1 is 1.43 bits per heavy atom. The van der Waals surface area contributed by atoms with Crippen LogP contribution >= 0.6 is 11.6 Å². The minimum Gasteiger partial charge on any atom is -0.506 e. The number of halogens is 1. The van der Waals surface area contributed by atoms with Crippen LogP contribution in [0.3, 0.4) is 0 Å². The van der Waals surface area contributed by atoms with E-state index in [-0.39, 0.29) is 10.8 Å². The molecule has 0 aliphatic carbocycles. The van der Waals surface area contributed by atoms with Gasteiger partial charge in [-0.1, -0.05) is 17.7 Å². The van der Waals surface area contributed by atoms with Gasteiger partial charge in [0.1, 0.15) is 5.75 Å². The third-order valence-electron chi connectivity index (χ3n) is 2.24. The van der Waals surface area contributed by atoms with Gasteiger partial charge in [-0.15, -0.1) is 0 Å². The van der Waals surface area contributed by atoms with E-state index in [0.29, 0.717) is 5.56 Å². The van der Waals surface area contributed by atoms with Crippen molar-refractivity contribution in [1.82, 2.24) is 0 Å². The van der Waals surface area contributed by atoms with Crippen molar-refractivity contribution in [3.05, 3.63) is 28.3 Å². The summed E-state index contributed by atoms with van der Waals surface area (Å²) in [6, 6.07) is 5.58. The molecule has 2 nitrogen and oxygen atoms in total. The number of phenols is 1. The van der Waals surface area contributed by atoms with Crippen molar-refractivity contribution >= 4 is 11.6 Å². The number of hydrogen-bond donors (Lipinski definition) is 1. The number of aromatic hydroxyl groups is 1. The van der Waals surface area contributed by atoms with E-state index in [1.807, 2.05) is 6.92 Å². The van der Waals surface area contributed by atoms with Crippen LogP contribution in [0, 0.1) is 18.3 Å². The fourth-order valence-electron chi connectivity index (χ4n) is 1.51. The van der Waals surface area contributed by atoms with E-state index in [1.54, 1.807) is 26.0 Å². The summed E-state index contributed by atoms with van der Waals surface area (Å²) in [5.41, 5.74) is 0.755. The molecule has 0 heterocycles. The maximum Gasteiger partial charge on any atom is 0.139 e. The molecule has 0 atom stereocenters. The van der Waals surface area contributed by atoms with Crippen molar-refractivity contribution in [1.29, 1.82) is 5.26 Å². The molecule has 1 aromatic rings. The second-order valence-corrected chi connectivity index (χ2v) is 4.23. The normalized spacial score (nSPS) is 11.1. The van der Waals surface area contributed by atoms with Crippen LogP contribution in [-0.2, 0) is 5.41 Å². The maximum absolute atomic E-state index is 9.76. The molecule has 0 saturated heterocycles. The smallest absolute Gasteiger partial charge is 0.139 e. The largest absolute Gasteiger partial charge is 0.506 e. The predicted octanol–water partition coefficient (Wildman–Crippen LogP) is 3.16. The molecule has 0 spiro atoms. The lowest BCUT2D eigenvalue weighted by atomic mass is 9.83. The monoisotopic (exact) mass is 209 g/mol. The minimum atomic E-state index is -0.723. The van der Waals surface area contributed by atoms with Crippen molar-refractivity contribution in [3.8, 4) is 11.8 Å². The van der Waals surface area contributed by atoms with Gasteiger partial charge in [0.2, 0.25) is 0 Å². The van der Waals surface area contributed by atoms with Crippen molar-refractivity contribution in [2.45, 2.75) is 26.2 Å². The number of rotatable bonds is 1. The summed E-state index contributed by atoms with van der Waals surface area (Å²) in [4.78, 5) is 0. The molecular weight excluding hydrogens is 198 g/mol. The molecule has 0 saturated carbocycles. The third kappa shape index (κ3) is 1.69. The van der Waals surface area contributed by atoms with E-state index in [0.717, 1.165) is 5.56 Å². The fourth-order valence-corrected chi connectivity index (χ4v) is 1.67. The molecule has 1 aromatic carbocycles. The van der Waals surface area contributed by atoms with E-state index in [9.17, 15) is 5.11 Å². The van der Waals surface area contributed by atoms with Crippen LogP contribution in [0.25, 0.3) is 0 Å².